The molecular formula is C18H27ClN2O2. The van der Waals surface area contributed by atoms with E-state index in [0.717, 1.165) is 32.2 Å². The number of nitrogens with two attached hydrogens (primary N) is 1. The van der Waals surface area contributed by atoms with E-state index >= 15 is 0 Å². The Bertz CT molecular complexity index is 516. The van der Waals surface area contributed by atoms with Gasteiger partial charge in [-0.1, -0.05) is 31.2 Å². The van der Waals surface area contributed by atoms with Crippen molar-refractivity contribution in [3.63, 3.8) is 0 Å². The lowest BCUT2D eigenvalue weighted by atomic mass is 10.00. The van der Waals surface area contributed by atoms with Crippen LogP contribution in [0.25, 0.3) is 0 Å². The fraction of sp³-hybridized carbons (Fsp3) is 0.556. The lowest BCUT2D eigenvalue weighted by Crippen LogP contribution is -2.47. The maximum absolute atomic E-state index is 12.3. The number of benzene rings is 1. The van der Waals surface area contributed by atoms with Crippen molar-refractivity contribution in [1.82, 2.24) is 4.90 Å². The highest BCUT2D eigenvalue weighted by molar-refractivity contribution is 5.98. The second-order valence-electron chi connectivity index (χ2n) is 5.95. The van der Waals surface area contributed by atoms with Gasteiger partial charge in [0.1, 0.15) is 0 Å². The molecule has 1 amide bonds. The zero-order valence-corrected chi connectivity index (χ0v) is 14.6. The van der Waals surface area contributed by atoms with Gasteiger partial charge in [0.05, 0.1) is 0 Å². The molecule has 1 atom stereocenters. The molecule has 0 bridgehead atoms. The van der Waals surface area contributed by atoms with Gasteiger partial charge in [-0.3, -0.25) is 9.59 Å². The van der Waals surface area contributed by atoms with E-state index in [0.29, 0.717) is 12.1 Å². The maximum Gasteiger partial charge on any atom is 0.223 e. The van der Waals surface area contributed by atoms with Gasteiger partial charge in [0, 0.05) is 37.5 Å². The van der Waals surface area contributed by atoms with Crippen LogP contribution in [0.15, 0.2) is 24.3 Å². The van der Waals surface area contributed by atoms with Crippen LogP contribution >= 0.6 is 12.4 Å². The summed E-state index contributed by atoms with van der Waals surface area (Å²) < 4.78 is 0. The van der Waals surface area contributed by atoms with Gasteiger partial charge in [0.15, 0.2) is 5.78 Å². The number of carbonyl (C=O) groups is 2. The van der Waals surface area contributed by atoms with E-state index in [4.69, 9.17) is 5.73 Å². The number of halogens is 1. The van der Waals surface area contributed by atoms with Crippen molar-refractivity contribution in [2.75, 3.05) is 13.1 Å². The molecule has 0 saturated carbocycles. The molecule has 0 radical (unpaired) electrons. The van der Waals surface area contributed by atoms with Crippen molar-refractivity contribution >= 4 is 24.1 Å². The Morgan fingerprint density at radius 2 is 1.87 bits per heavy atom. The summed E-state index contributed by atoms with van der Waals surface area (Å²) in [4.78, 5) is 26.4. The predicted octanol–water partition coefficient (Wildman–Crippen LogP) is 2.97. The van der Waals surface area contributed by atoms with Crippen molar-refractivity contribution in [3.8, 4) is 0 Å². The lowest BCUT2D eigenvalue weighted by Gasteiger charge is -2.35. The molecule has 1 aliphatic heterocycles. The monoisotopic (exact) mass is 338 g/mol. The van der Waals surface area contributed by atoms with Gasteiger partial charge in [0.25, 0.3) is 0 Å². The average molecular weight is 339 g/mol. The number of piperidine rings is 1. The Labute approximate surface area is 144 Å². The number of hydrogen-bond acceptors (Lipinski definition) is 3. The van der Waals surface area contributed by atoms with Gasteiger partial charge in [-0.2, -0.15) is 0 Å². The minimum atomic E-state index is 0. The Hall–Kier alpha value is -1.39. The summed E-state index contributed by atoms with van der Waals surface area (Å²) in [5.74, 6) is 0.103. The summed E-state index contributed by atoms with van der Waals surface area (Å²) in [5.41, 5.74) is 7.65. The number of rotatable bonds is 6. The van der Waals surface area contributed by atoms with E-state index in [-0.39, 0.29) is 43.0 Å². The van der Waals surface area contributed by atoms with Crippen LogP contribution in [0.1, 0.15) is 54.9 Å². The van der Waals surface area contributed by atoms with Crippen LogP contribution in [0.3, 0.4) is 0 Å². The van der Waals surface area contributed by atoms with Crippen molar-refractivity contribution in [1.29, 1.82) is 0 Å². The normalized spacial score (nSPS) is 17.5. The second-order valence-corrected chi connectivity index (χ2v) is 5.95. The van der Waals surface area contributed by atoms with E-state index < -0.39 is 0 Å². The number of Topliss-reactive ketones (excluding diaryl/α,β-unsaturated/α-hetero) is 1. The fourth-order valence-electron chi connectivity index (χ4n) is 3.01. The van der Waals surface area contributed by atoms with Gasteiger partial charge >= 0.3 is 0 Å². The molecule has 2 N–H and O–H groups in total. The van der Waals surface area contributed by atoms with Crippen molar-refractivity contribution in [2.24, 2.45) is 5.73 Å². The lowest BCUT2D eigenvalue weighted by molar-refractivity contribution is -0.134. The van der Waals surface area contributed by atoms with E-state index in [2.05, 4.69) is 6.92 Å². The third-order valence-corrected chi connectivity index (χ3v) is 4.47. The molecule has 128 valence electrons. The van der Waals surface area contributed by atoms with E-state index in [1.807, 2.05) is 29.2 Å². The quantitative estimate of drug-likeness (QED) is 0.811. The molecule has 0 spiro atoms. The summed E-state index contributed by atoms with van der Waals surface area (Å²) in [5, 5.41) is 0. The number of hydrogen-bond donors (Lipinski definition) is 1. The van der Waals surface area contributed by atoms with Crippen LogP contribution in [0.2, 0.25) is 0 Å². The molecule has 0 aliphatic carbocycles. The molecule has 1 heterocycles. The van der Waals surface area contributed by atoms with Gasteiger partial charge in [-0.15, -0.1) is 12.4 Å². The van der Waals surface area contributed by atoms with Crippen LogP contribution in [-0.4, -0.2) is 35.7 Å². The second kappa shape index (κ2) is 9.68. The number of carbonyl (C=O) groups excluding carboxylic acids is 2. The zero-order chi connectivity index (χ0) is 15.9. The maximum atomic E-state index is 12.3. The Morgan fingerprint density at radius 3 is 2.48 bits per heavy atom. The number of amides is 1. The van der Waals surface area contributed by atoms with Gasteiger partial charge in [-0.05, 0) is 31.2 Å². The van der Waals surface area contributed by atoms with Gasteiger partial charge in [0.2, 0.25) is 5.91 Å². The summed E-state index contributed by atoms with van der Waals surface area (Å²) in [7, 11) is 0. The van der Waals surface area contributed by atoms with Crippen LogP contribution in [0.5, 0.6) is 0 Å². The third kappa shape index (κ3) is 5.33. The molecule has 1 aromatic rings. The summed E-state index contributed by atoms with van der Waals surface area (Å²) >= 11 is 0. The summed E-state index contributed by atoms with van der Waals surface area (Å²) in [6.45, 7) is 3.38. The average Bonchev–Trinajstić information content (AvgIpc) is 2.59. The molecule has 1 aromatic carbocycles. The van der Waals surface area contributed by atoms with Crippen molar-refractivity contribution in [2.45, 2.75) is 51.5 Å². The minimum absolute atomic E-state index is 0. The van der Waals surface area contributed by atoms with Crippen LogP contribution < -0.4 is 5.73 Å². The Balaban J connectivity index is 0.00000264. The van der Waals surface area contributed by atoms with Gasteiger partial charge in [-0.25, -0.2) is 0 Å². The Morgan fingerprint density at radius 1 is 1.17 bits per heavy atom. The van der Waals surface area contributed by atoms with Crippen LogP contribution in [0.4, 0.5) is 0 Å². The molecule has 1 aliphatic rings. The largest absolute Gasteiger partial charge is 0.338 e. The first-order chi connectivity index (χ1) is 10.7. The first-order valence-electron chi connectivity index (χ1n) is 8.27. The van der Waals surface area contributed by atoms with E-state index in [1.54, 1.807) is 0 Å². The van der Waals surface area contributed by atoms with E-state index in [1.165, 1.54) is 5.56 Å². The topological polar surface area (TPSA) is 63.4 Å². The number of likely N-dealkylation sites (tertiary alicyclic amines) is 1. The van der Waals surface area contributed by atoms with Crippen molar-refractivity contribution < 1.29 is 9.59 Å². The summed E-state index contributed by atoms with van der Waals surface area (Å²) in [6.07, 6.45) is 4.67. The molecule has 0 aromatic heterocycles. The van der Waals surface area contributed by atoms with Gasteiger partial charge < -0.3 is 10.6 Å². The first-order valence-corrected chi connectivity index (χ1v) is 8.27. The van der Waals surface area contributed by atoms with Crippen LogP contribution in [0, 0.1) is 0 Å². The molecule has 4 nitrogen and oxygen atoms in total. The number of nitrogens with zero attached hydrogens (tertiary/aromatic N) is 1. The standard InChI is InChI=1S/C18H26N2O2.ClH/c1-2-14-6-8-15(9-7-14)17(21)10-11-18(22)20-12-4-3-5-16(20)13-19;/h6-9,16H,2-5,10-13,19H2,1H3;1H. The molecule has 2 rings (SSSR count). The fourth-order valence-corrected chi connectivity index (χ4v) is 3.01. The van der Waals surface area contributed by atoms with Crippen LogP contribution in [-0.2, 0) is 11.2 Å². The number of aryl methyl sites for hydroxylation is 1. The molecular weight excluding hydrogens is 312 g/mol. The third-order valence-electron chi connectivity index (χ3n) is 4.47. The van der Waals surface area contributed by atoms with E-state index in [9.17, 15) is 9.59 Å². The molecule has 5 heteroatoms. The predicted molar refractivity (Wildman–Crippen MR) is 95.0 cm³/mol. The minimum Gasteiger partial charge on any atom is -0.338 e. The SMILES string of the molecule is CCc1ccc(C(=O)CCC(=O)N2CCCCC2CN)cc1.Cl. The highest BCUT2D eigenvalue weighted by Crippen LogP contribution is 2.18. The highest BCUT2D eigenvalue weighted by Gasteiger charge is 2.25. The molecule has 1 unspecified atom stereocenters. The molecule has 1 saturated heterocycles. The van der Waals surface area contributed by atoms with Crippen molar-refractivity contribution in [3.05, 3.63) is 35.4 Å². The molecule has 23 heavy (non-hydrogen) atoms. The smallest absolute Gasteiger partial charge is 0.223 e. The molecule has 1 fully saturated rings. The summed E-state index contributed by atoms with van der Waals surface area (Å²) in [6, 6.07) is 7.82. The highest BCUT2D eigenvalue weighted by atomic mass is 35.5. The number of ketones is 1. The first kappa shape index (κ1) is 19.7. The zero-order valence-electron chi connectivity index (χ0n) is 13.8. The Kier molecular flexibility index (Phi) is 8.28.